The minimum Gasteiger partial charge on any atom is -0.466 e. The fourth-order valence-corrected chi connectivity index (χ4v) is 8.68. The maximum Gasteiger partial charge on any atom is 0.305 e. The van der Waals surface area contributed by atoms with Crippen molar-refractivity contribution in [3.05, 3.63) is 36.5 Å². The summed E-state index contributed by atoms with van der Waals surface area (Å²) in [6.45, 7) is 4.87. The highest BCUT2D eigenvalue weighted by atomic mass is 16.5. The molecule has 2 unspecified atom stereocenters. The van der Waals surface area contributed by atoms with Gasteiger partial charge in [0.25, 0.3) is 0 Å². The van der Waals surface area contributed by atoms with E-state index in [1.54, 1.807) is 6.08 Å². The zero-order valence-electron chi connectivity index (χ0n) is 43.5. The van der Waals surface area contributed by atoms with Crippen LogP contribution in [-0.2, 0) is 14.3 Å². The maximum atomic E-state index is 12.4. The van der Waals surface area contributed by atoms with Crippen LogP contribution >= 0.6 is 0 Å². The molecular formula is C59H111NO5. The Morgan fingerprint density at radius 1 is 0.415 bits per heavy atom. The quantitative estimate of drug-likeness (QED) is 0.0321. The van der Waals surface area contributed by atoms with E-state index in [0.717, 1.165) is 51.4 Å². The highest BCUT2D eigenvalue weighted by molar-refractivity contribution is 5.76. The van der Waals surface area contributed by atoms with Crippen LogP contribution in [0.3, 0.4) is 0 Å². The van der Waals surface area contributed by atoms with Gasteiger partial charge in [0.15, 0.2) is 0 Å². The number of carbonyl (C=O) groups excluding carboxylic acids is 2. The Kier molecular flexibility index (Phi) is 53.1. The lowest BCUT2D eigenvalue weighted by molar-refractivity contribution is -0.143. The van der Waals surface area contributed by atoms with Crippen molar-refractivity contribution >= 4 is 11.9 Å². The minimum absolute atomic E-state index is 0.000451. The van der Waals surface area contributed by atoms with Gasteiger partial charge in [-0.1, -0.05) is 243 Å². The lowest BCUT2D eigenvalue weighted by Crippen LogP contribution is -2.45. The van der Waals surface area contributed by atoms with Gasteiger partial charge in [-0.15, -0.1) is 0 Å². The monoisotopic (exact) mass is 914 g/mol. The molecule has 0 aliphatic rings. The van der Waals surface area contributed by atoms with Crippen LogP contribution in [0, 0.1) is 0 Å². The summed E-state index contributed by atoms with van der Waals surface area (Å²) in [7, 11) is 0. The average molecular weight is 915 g/mol. The molecule has 6 heteroatoms. The summed E-state index contributed by atoms with van der Waals surface area (Å²) in [4.78, 5) is 24.4. The van der Waals surface area contributed by atoms with Crippen molar-refractivity contribution in [1.82, 2.24) is 5.32 Å². The third-order valence-corrected chi connectivity index (χ3v) is 13.1. The summed E-state index contributed by atoms with van der Waals surface area (Å²) in [5.74, 6) is -0.0742. The van der Waals surface area contributed by atoms with Gasteiger partial charge in [-0.05, 0) is 83.5 Å². The number of carbonyl (C=O) groups is 2. The number of nitrogens with one attached hydrogen (secondary N) is 1. The highest BCUT2D eigenvalue weighted by Gasteiger charge is 2.18. The second kappa shape index (κ2) is 54.7. The van der Waals surface area contributed by atoms with E-state index in [2.05, 4.69) is 43.5 Å². The second-order valence-corrected chi connectivity index (χ2v) is 19.6. The number of allylic oxidation sites excluding steroid dienone is 5. The van der Waals surface area contributed by atoms with Crippen molar-refractivity contribution < 1.29 is 24.5 Å². The molecule has 0 fully saturated rings. The summed E-state index contributed by atoms with van der Waals surface area (Å²) in [6.07, 6.45) is 67.4. The normalized spacial score (nSPS) is 12.9. The molecule has 0 radical (unpaired) electrons. The predicted molar refractivity (Wildman–Crippen MR) is 283 cm³/mol. The molecule has 2 atom stereocenters. The van der Waals surface area contributed by atoms with E-state index >= 15 is 0 Å². The average Bonchev–Trinajstić information content (AvgIpc) is 3.31. The van der Waals surface area contributed by atoms with Crippen molar-refractivity contribution in [3.8, 4) is 0 Å². The van der Waals surface area contributed by atoms with Gasteiger partial charge in [0.05, 0.1) is 25.4 Å². The van der Waals surface area contributed by atoms with Gasteiger partial charge in [0.1, 0.15) is 0 Å². The second-order valence-electron chi connectivity index (χ2n) is 19.6. The van der Waals surface area contributed by atoms with E-state index in [1.807, 2.05) is 6.08 Å². The highest BCUT2D eigenvalue weighted by Crippen LogP contribution is 2.16. The molecule has 0 heterocycles. The van der Waals surface area contributed by atoms with E-state index in [1.165, 1.54) is 225 Å². The van der Waals surface area contributed by atoms with Gasteiger partial charge in [-0.25, -0.2) is 0 Å². The number of amides is 1. The molecule has 3 N–H and O–H groups in total. The number of rotatable bonds is 53. The zero-order valence-corrected chi connectivity index (χ0v) is 43.5. The lowest BCUT2D eigenvalue weighted by atomic mass is 10.0. The van der Waals surface area contributed by atoms with E-state index in [-0.39, 0.29) is 18.5 Å². The zero-order chi connectivity index (χ0) is 47.2. The first-order valence-electron chi connectivity index (χ1n) is 28.8. The standard InChI is InChI=1S/C59H111NO5/c1-3-5-7-9-11-13-15-28-31-35-39-43-47-51-57(62)56(55-61)60-58(63)52-48-44-40-36-32-29-26-24-22-20-18-17-19-21-23-25-27-30-34-38-42-46-50-54-65-59(64)53-49-45-41-37-33-16-14-12-10-8-6-4-2/h12,14,20,22,47,51,56-57,61-62H,3-11,13,15-19,21,23-46,48-50,52-55H2,1-2H3,(H,60,63)/b14-12-,22-20-,51-47+. The Morgan fingerprint density at radius 3 is 1.12 bits per heavy atom. The van der Waals surface area contributed by atoms with Crippen molar-refractivity contribution in [2.75, 3.05) is 13.2 Å². The Bertz CT molecular complexity index is 1060. The molecule has 0 rings (SSSR count). The predicted octanol–water partition coefficient (Wildman–Crippen LogP) is 17.6. The molecule has 0 spiro atoms. The molecule has 0 aromatic rings. The first-order chi connectivity index (χ1) is 32.0. The molecule has 65 heavy (non-hydrogen) atoms. The Hall–Kier alpha value is -1.92. The first-order valence-corrected chi connectivity index (χ1v) is 28.8. The largest absolute Gasteiger partial charge is 0.466 e. The van der Waals surface area contributed by atoms with Crippen molar-refractivity contribution in [2.45, 2.75) is 315 Å². The lowest BCUT2D eigenvalue weighted by Gasteiger charge is -2.20. The van der Waals surface area contributed by atoms with Gasteiger partial charge >= 0.3 is 5.97 Å². The van der Waals surface area contributed by atoms with Crippen LogP contribution < -0.4 is 5.32 Å². The van der Waals surface area contributed by atoms with Crippen LogP contribution in [0.4, 0.5) is 0 Å². The van der Waals surface area contributed by atoms with E-state index in [4.69, 9.17) is 4.74 Å². The van der Waals surface area contributed by atoms with Crippen molar-refractivity contribution in [1.29, 1.82) is 0 Å². The molecule has 0 aliphatic heterocycles. The Balaban J connectivity index is 3.44. The maximum absolute atomic E-state index is 12.4. The van der Waals surface area contributed by atoms with Gasteiger partial charge < -0.3 is 20.3 Å². The molecule has 0 aliphatic carbocycles. The summed E-state index contributed by atoms with van der Waals surface area (Å²) < 4.78 is 5.46. The van der Waals surface area contributed by atoms with Crippen LogP contribution in [0.2, 0.25) is 0 Å². The summed E-state index contributed by atoms with van der Waals surface area (Å²) in [5.41, 5.74) is 0. The number of hydrogen-bond acceptors (Lipinski definition) is 5. The van der Waals surface area contributed by atoms with Crippen LogP contribution in [0.15, 0.2) is 36.5 Å². The fraction of sp³-hybridized carbons (Fsp3) is 0.864. The number of ether oxygens (including phenoxy) is 1. The van der Waals surface area contributed by atoms with Gasteiger partial charge in [-0.2, -0.15) is 0 Å². The summed E-state index contributed by atoms with van der Waals surface area (Å²) >= 11 is 0. The van der Waals surface area contributed by atoms with E-state index < -0.39 is 12.1 Å². The Morgan fingerprint density at radius 2 is 0.723 bits per heavy atom. The molecule has 6 nitrogen and oxygen atoms in total. The first kappa shape index (κ1) is 63.1. The van der Waals surface area contributed by atoms with Crippen LogP contribution in [0.1, 0.15) is 303 Å². The Labute approximate surface area is 404 Å². The topological polar surface area (TPSA) is 95.9 Å². The van der Waals surface area contributed by atoms with E-state index in [9.17, 15) is 19.8 Å². The number of hydrogen-bond donors (Lipinski definition) is 3. The van der Waals surface area contributed by atoms with Gasteiger partial charge in [0, 0.05) is 12.8 Å². The number of aliphatic hydroxyl groups excluding tert-OH is 2. The molecule has 0 saturated carbocycles. The molecule has 1 amide bonds. The molecule has 0 bridgehead atoms. The number of esters is 1. The van der Waals surface area contributed by atoms with Crippen LogP contribution in [0.5, 0.6) is 0 Å². The third-order valence-electron chi connectivity index (χ3n) is 13.1. The number of aliphatic hydroxyl groups is 2. The number of unbranched alkanes of at least 4 members (excludes halogenated alkanes) is 38. The van der Waals surface area contributed by atoms with E-state index in [0.29, 0.717) is 19.4 Å². The molecule has 0 aromatic heterocycles. The third kappa shape index (κ3) is 51.3. The van der Waals surface area contributed by atoms with Crippen molar-refractivity contribution in [3.63, 3.8) is 0 Å². The van der Waals surface area contributed by atoms with Gasteiger partial charge in [-0.3, -0.25) is 9.59 Å². The van der Waals surface area contributed by atoms with Crippen LogP contribution in [0.25, 0.3) is 0 Å². The molecule has 0 aromatic carbocycles. The minimum atomic E-state index is -0.847. The SMILES string of the molecule is CCCCC/C=C\CCCCCCCC(=O)OCCCCCCCCCCCCCC/C=C\CCCCCCCCCC(=O)NC(CO)C(O)/C=C/CCCCCCCCCCCCC. The molecule has 0 saturated heterocycles. The summed E-state index contributed by atoms with van der Waals surface area (Å²) in [5, 5.41) is 23.1. The van der Waals surface area contributed by atoms with Gasteiger partial charge in [0.2, 0.25) is 5.91 Å². The fourth-order valence-electron chi connectivity index (χ4n) is 8.68. The molecule has 382 valence electrons. The van der Waals surface area contributed by atoms with Crippen LogP contribution in [-0.4, -0.2) is 47.4 Å². The summed E-state index contributed by atoms with van der Waals surface area (Å²) in [6, 6.07) is -0.632. The molecular weight excluding hydrogens is 803 g/mol. The van der Waals surface area contributed by atoms with Crippen molar-refractivity contribution in [2.24, 2.45) is 0 Å². The smallest absolute Gasteiger partial charge is 0.305 e.